The summed E-state index contributed by atoms with van der Waals surface area (Å²) in [4.78, 5) is 14.6. The van der Waals surface area contributed by atoms with Gasteiger partial charge in [0.25, 0.3) is 0 Å². The molecule has 1 spiro atoms. The summed E-state index contributed by atoms with van der Waals surface area (Å²) in [5.41, 5.74) is 6.25. The number of hydrogen-bond donors (Lipinski definition) is 1. The number of carbonyl (C=O) groups excluding carboxylic acids is 1. The van der Waals surface area contributed by atoms with Gasteiger partial charge in [-0.3, -0.25) is 9.69 Å². The molecule has 1 N–H and O–H groups in total. The minimum absolute atomic E-state index is 0. The van der Waals surface area contributed by atoms with E-state index >= 15 is 0 Å². The first-order valence-electron chi connectivity index (χ1n) is 8.25. The van der Waals surface area contributed by atoms with Gasteiger partial charge >= 0.3 is 0 Å². The number of para-hydroxylation sites is 1. The van der Waals surface area contributed by atoms with Crippen molar-refractivity contribution < 1.29 is 4.79 Å². The maximum atomic E-state index is 11.9. The van der Waals surface area contributed by atoms with Crippen LogP contribution in [0.25, 0.3) is 0 Å². The molecule has 2 unspecified atom stereocenters. The summed E-state index contributed by atoms with van der Waals surface area (Å²) in [7, 11) is 0. The highest BCUT2D eigenvalue weighted by molar-refractivity contribution is 5.85. The fraction of sp³-hybridized carbons (Fsp3) is 0.421. The quantitative estimate of drug-likeness (QED) is 0.634. The molecule has 3 atom stereocenters. The van der Waals surface area contributed by atoms with Gasteiger partial charge in [0.15, 0.2) is 0 Å². The Labute approximate surface area is 142 Å². The molecule has 4 aliphatic rings. The highest BCUT2D eigenvalue weighted by Gasteiger charge is 2.60. The Kier molecular flexibility index (Phi) is 3.23. The van der Waals surface area contributed by atoms with Crippen LogP contribution < -0.4 is 5.32 Å². The molecule has 1 aromatic carbocycles. The topological polar surface area (TPSA) is 32.3 Å². The summed E-state index contributed by atoms with van der Waals surface area (Å²) in [6.07, 6.45) is 5.55. The molecule has 0 amide bonds. The monoisotopic (exact) mass is 328 g/mol. The number of anilines is 1. The normalized spacial score (nSPS) is 35.4. The van der Waals surface area contributed by atoms with Gasteiger partial charge in [0, 0.05) is 42.0 Å². The van der Waals surface area contributed by atoms with E-state index in [-0.39, 0.29) is 17.8 Å². The Balaban J connectivity index is 0.00000135. The third-order valence-electron chi connectivity index (χ3n) is 6.37. The molecule has 2 saturated heterocycles. The van der Waals surface area contributed by atoms with Crippen LogP contribution in [0.15, 0.2) is 47.2 Å². The molecule has 0 aromatic heterocycles. The first kappa shape index (κ1) is 15.0. The van der Waals surface area contributed by atoms with Crippen LogP contribution in [-0.2, 0) is 10.2 Å². The highest BCUT2D eigenvalue weighted by atomic mass is 35.5. The summed E-state index contributed by atoms with van der Waals surface area (Å²) in [6.45, 7) is 4.26. The number of nitrogens with zero attached hydrogens (tertiary/aromatic N) is 1. The van der Waals surface area contributed by atoms with E-state index in [9.17, 15) is 4.79 Å². The molecule has 23 heavy (non-hydrogen) atoms. The number of allylic oxidation sites excluding steroid dienone is 2. The number of fused-ring (bicyclic) bond motifs is 2. The number of benzene rings is 1. The van der Waals surface area contributed by atoms with E-state index in [1.54, 1.807) is 0 Å². The second kappa shape index (κ2) is 4.96. The van der Waals surface area contributed by atoms with Crippen molar-refractivity contribution in [3.05, 3.63) is 52.7 Å². The van der Waals surface area contributed by atoms with E-state index in [1.165, 1.54) is 22.5 Å². The van der Waals surface area contributed by atoms with Crippen LogP contribution in [0.1, 0.15) is 25.3 Å². The Hall–Kier alpha value is -1.58. The smallest absolute Gasteiger partial charge is 0.148 e. The Morgan fingerprint density at radius 3 is 2.96 bits per heavy atom. The van der Waals surface area contributed by atoms with Crippen molar-refractivity contribution in [2.24, 2.45) is 5.92 Å². The maximum absolute atomic E-state index is 11.9. The third-order valence-corrected chi connectivity index (χ3v) is 6.37. The molecule has 3 aliphatic heterocycles. The van der Waals surface area contributed by atoms with E-state index in [4.69, 9.17) is 0 Å². The Bertz CT molecular complexity index is 753. The SMILES string of the molecule is C/C=C1\CN2CCC34C(=C(C=O)C1C[C@@H]23)Nc1ccccc14.Cl. The summed E-state index contributed by atoms with van der Waals surface area (Å²) in [6, 6.07) is 9.16. The molecule has 5 rings (SSSR count). The van der Waals surface area contributed by atoms with Crippen molar-refractivity contribution in [1.82, 2.24) is 4.90 Å². The molecule has 3 heterocycles. The van der Waals surface area contributed by atoms with Crippen LogP contribution >= 0.6 is 12.4 Å². The summed E-state index contributed by atoms with van der Waals surface area (Å²) < 4.78 is 0. The zero-order valence-corrected chi connectivity index (χ0v) is 14.0. The van der Waals surface area contributed by atoms with Crippen molar-refractivity contribution in [2.75, 3.05) is 18.4 Å². The zero-order chi connectivity index (χ0) is 14.9. The van der Waals surface area contributed by atoms with Gasteiger partial charge in [-0.2, -0.15) is 0 Å². The molecular formula is C19H21ClN2O. The van der Waals surface area contributed by atoms with Gasteiger partial charge in [-0.05, 0) is 31.4 Å². The van der Waals surface area contributed by atoms with Crippen molar-refractivity contribution in [1.29, 1.82) is 0 Å². The highest BCUT2D eigenvalue weighted by Crippen LogP contribution is 2.60. The van der Waals surface area contributed by atoms with Crippen LogP contribution in [0, 0.1) is 5.92 Å². The molecule has 120 valence electrons. The first-order valence-corrected chi connectivity index (χ1v) is 8.25. The number of halogens is 1. The van der Waals surface area contributed by atoms with Crippen LogP contribution in [-0.4, -0.2) is 30.3 Å². The summed E-state index contributed by atoms with van der Waals surface area (Å²) in [5.74, 6) is 0.312. The molecule has 0 radical (unpaired) electrons. The molecule has 0 saturated carbocycles. The van der Waals surface area contributed by atoms with Gasteiger partial charge in [-0.15, -0.1) is 12.4 Å². The second-order valence-corrected chi connectivity index (χ2v) is 6.98. The van der Waals surface area contributed by atoms with Crippen LogP contribution in [0.2, 0.25) is 0 Å². The number of nitrogens with one attached hydrogen (secondary N) is 1. The predicted molar refractivity (Wildman–Crippen MR) is 93.9 cm³/mol. The van der Waals surface area contributed by atoms with Crippen molar-refractivity contribution in [3.8, 4) is 0 Å². The van der Waals surface area contributed by atoms with Gasteiger partial charge < -0.3 is 5.32 Å². The van der Waals surface area contributed by atoms with Gasteiger partial charge in [0.1, 0.15) is 6.29 Å². The van der Waals surface area contributed by atoms with Crippen LogP contribution in [0.4, 0.5) is 5.69 Å². The standard InChI is InChI=1S/C19H20N2O.ClH/c1-2-12-10-21-8-7-19-15-5-3-4-6-16(15)20-18(19)14(11-22)13(12)9-17(19)21;/h2-6,11,13,17,20H,7-10H2,1H3;1H/b12-2+;/t13?,17-,19?;/m1./s1. The fourth-order valence-corrected chi connectivity index (χ4v) is 5.44. The lowest BCUT2D eigenvalue weighted by Crippen LogP contribution is -2.52. The Morgan fingerprint density at radius 1 is 1.35 bits per heavy atom. The van der Waals surface area contributed by atoms with E-state index in [1.807, 2.05) is 0 Å². The third kappa shape index (κ3) is 1.62. The minimum Gasteiger partial charge on any atom is -0.358 e. The average molecular weight is 329 g/mol. The number of piperidine rings is 1. The van der Waals surface area contributed by atoms with E-state index in [2.05, 4.69) is 47.5 Å². The molecule has 2 fully saturated rings. The molecule has 2 bridgehead atoms. The van der Waals surface area contributed by atoms with E-state index in [0.29, 0.717) is 12.0 Å². The largest absolute Gasteiger partial charge is 0.358 e. The number of aldehydes is 1. The van der Waals surface area contributed by atoms with Crippen LogP contribution in [0.5, 0.6) is 0 Å². The van der Waals surface area contributed by atoms with Gasteiger partial charge in [-0.1, -0.05) is 29.8 Å². The number of rotatable bonds is 1. The van der Waals surface area contributed by atoms with Gasteiger partial charge in [0.2, 0.25) is 0 Å². The lowest BCUT2D eigenvalue weighted by molar-refractivity contribution is -0.105. The van der Waals surface area contributed by atoms with Crippen molar-refractivity contribution >= 4 is 24.4 Å². The Morgan fingerprint density at radius 2 is 2.17 bits per heavy atom. The lowest BCUT2D eigenvalue weighted by Gasteiger charge is -2.48. The molecular weight excluding hydrogens is 308 g/mol. The first-order chi connectivity index (χ1) is 10.8. The molecule has 4 heteroatoms. The number of carbonyl (C=O) groups is 1. The fourth-order valence-electron chi connectivity index (χ4n) is 5.44. The molecule has 1 aliphatic carbocycles. The van der Waals surface area contributed by atoms with Gasteiger partial charge in [-0.25, -0.2) is 0 Å². The second-order valence-electron chi connectivity index (χ2n) is 6.98. The van der Waals surface area contributed by atoms with E-state index < -0.39 is 0 Å². The van der Waals surface area contributed by atoms with Crippen molar-refractivity contribution in [3.63, 3.8) is 0 Å². The predicted octanol–water partition coefficient (Wildman–Crippen LogP) is 3.28. The molecule has 1 aromatic rings. The number of hydrogen-bond acceptors (Lipinski definition) is 3. The summed E-state index contributed by atoms with van der Waals surface area (Å²) >= 11 is 0. The lowest BCUT2D eigenvalue weighted by atomic mass is 9.62. The van der Waals surface area contributed by atoms with Gasteiger partial charge in [0.05, 0.1) is 5.41 Å². The molecule has 3 nitrogen and oxygen atoms in total. The van der Waals surface area contributed by atoms with E-state index in [0.717, 1.165) is 37.8 Å². The van der Waals surface area contributed by atoms with Crippen molar-refractivity contribution in [2.45, 2.75) is 31.2 Å². The summed E-state index contributed by atoms with van der Waals surface area (Å²) in [5, 5.41) is 3.62. The zero-order valence-electron chi connectivity index (χ0n) is 13.2. The average Bonchev–Trinajstić information content (AvgIpc) is 3.11. The minimum atomic E-state index is 0. The maximum Gasteiger partial charge on any atom is 0.148 e. The van der Waals surface area contributed by atoms with Crippen LogP contribution in [0.3, 0.4) is 0 Å².